The number of piperidine rings is 1. The molecule has 1 heterocycles. The first kappa shape index (κ1) is 13.6. The van der Waals surface area contributed by atoms with Gasteiger partial charge in [0.15, 0.2) is 11.5 Å². The topological polar surface area (TPSA) is 35.9 Å². The predicted molar refractivity (Wildman–Crippen MR) is 80.7 cm³/mol. The van der Waals surface area contributed by atoms with Gasteiger partial charge in [-0.25, -0.2) is 0 Å². The third-order valence-electron chi connectivity index (χ3n) is 4.48. The van der Waals surface area contributed by atoms with Crippen LogP contribution in [0.25, 0.3) is 0 Å². The Bertz CT molecular complexity index is 466. The van der Waals surface area contributed by atoms with Gasteiger partial charge in [-0.2, -0.15) is 0 Å². The molecule has 2 fully saturated rings. The molecule has 1 aliphatic carbocycles. The number of likely N-dealkylation sites (tertiary alicyclic amines) is 1. The molecule has 1 aliphatic heterocycles. The molecule has 2 aliphatic rings. The molecule has 0 radical (unpaired) electrons. The van der Waals surface area contributed by atoms with Crippen LogP contribution < -0.4 is 9.64 Å². The molecule has 4 nitrogen and oxygen atoms in total. The van der Waals surface area contributed by atoms with Crippen LogP contribution in [0, 0.1) is 0 Å². The minimum Gasteiger partial charge on any atom is -0.504 e. The van der Waals surface area contributed by atoms with Crippen LogP contribution in [0.4, 0.5) is 5.69 Å². The maximum absolute atomic E-state index is 10.0. The number of methoxy groups -OCH3 is 1. The highest BCUT2D eigenvalue weighted by atomic mass is 16.5. The minimum absolute atomic E-state index is 0.239. The van der Waals surface area contributed by atoms with Crippen molar-refractivity contribution in [2.75, 3.05) is 32.1 Å². The van der Waals surface area contributed by atoms with Crippen LogP contribution >= 0.6 is 0 Å². The summed E-state index contributed by atoms with van der Waals surface area (Å²) in [6.45, 7) is 2.33. The van der Waals surface area contributed by atoms with E-state index in [-0.39, 0.29) is 5.75 Å². The number of ether oxygens (including phenoxy) is 1. The van der Waals surface area contributed by atoms with Crippen molar-refractivity contribution >= 4 is 5.69 Å². The van der Waals surface area contributed by atoms with E-state index >= 15 is 0 Å². The molecule has 0 spiro atoms. The number of hydrogen-bond acceptors (Lipinski definition) is 4. The van der Waals surface area contributed by atoms with E-state index in [1.54, 1.807) is 7.11 Å². The van der Waals surface area contributed by atoms with Gasteiger partial charge in [0.25, 0.3) is 0 Å². The van der Waals surface area contributed by atoms with E-state index in [2.05, 4.69) is 22.9 Å². The van der Waals surface area contributed by atoms with E-state index in [0.29, 0.717) is 17.8 Å². The number of rotatable bonds is 4. The molecule has 1 saturated heterocycles. The summed E-state index contributed by atoms with van der Waals surface area (Å²) in [5.41, 5.74) is 1.14. The van der Waals surface area contributed by atoms with Gasteiger partial charge in [0.05, 0.1) is 7.11 Å². The van der Waals surface area contributed by atoms with E-state index in [1.165, 1.54) is 25.7 Å². The molecule has 1 saturated carbocycles. The van der Waals surface area contributed by atoms with Crippen molar-refractivity contribution < 1.29 is 9.84 Å². The van der Waals surface area contributed by atoms with E-state index in [0.717, 1.165) is 18.8 Å². The Morgan fingerprint density at radius 1 is 1.15 bits per heavy atom. The maximum atomic E-state index is 10.0. The normalized spacial score (nSPS) is 20.9. The number of phenolic OH excluding ortho intramolecular Hbond substituents is 1. The number of anilines is 1. The van der Waals surface area contributed by atoms with Crippen LogP contribution in [0.15, 0.2) is 18.2 Å². The minimum atomic E-state index is 0.239. The SMILES string of the molecule is COc1ccc(N(C2CC2)C2CCN(C)CC2)cc1O. The molecule has 0 atom stereocenters. The van der Waals surface area contributed by atoms with Gasteiger partial charge < -0.3 is 19.6 Å². The maximum Gasteiger partial charge on any atom is 0.160 e. The Morgan fingerprint density at radius 2 is 1.80 bits per heavy atom. The van der Waals surface area contributed by atoms with Crippen molar-refractivity contribution in [3.8, 4) is 11.5 Å². The first-order chi connectivity index (χ1) is 9.69. The summed E-state index contributed by atoms with van der Waals surface area (Å²) in [6.07, 6.45) is 4.97. The van der Waals surface area contributed by atoms with Crippen molar-refractivity contribution in [1.29, 1.82) is 0 Å². The van der Waals surface area contributed by atoms with E-state index in [4.69, 9.17) is 4.74 Å². The van der Waals surface area contributed by atoms with Gasteiger partial charge in [-0.05, 0) is 58.0 Å². The van der Waals surface area contributed by atoms with E-state index < -0.39 is 0 Å². The van der Waals surface area contributed by atoms with E-state index in [1.807, 2.05) is 12.1 Å². The van der Waals surface area contributed by atoms with Gasteiger partial charge in [0.2, 0.25) is 0 Å². The fraction of sp³-hybridized carbons (Fsp3) is 0.625. The standard InChI is InChI=1S/C16H24N2O2/c1-17-9-7-13(8-10-17)18(12-3-4-12)14-5-6-16(20-2)15(19)11-14/h5-6,11-13,19H,3-4,7-10H2,1-2H3. The Balaban J connectivity index is 1.81. The summed E-state index contributed by atoms with van der Waals surface area (Å²) >= 11 is 0. The highest BCUT2D eigenvalue weighted by Crippen LogP contribution is 2.39. The van der Waals surface area contributed by atoms with Gasteiger partial charge in [-0.1, -0.05) is 0 Å². The molecular weight excluding hydrogens is 252 g/mol. The Hall–Kier alpha value is -1.42. The fourth-order valence-corrected chi connectivity index (χ4v) is 3.18. The van der Waals surface area contributed by atoms with Crippen LogP contribution in [0.2, 0.25) is 0 Å². The summed E-state index contributed by atoms with van der Waals surface area (Å²) in [7, 11) is 3.78. The quantitative estimate of drug-likeness (QED) is 0.916. The van der Waals surface area contributed by atoms with Crippen molar-refractivity contribution in [1.82, 2.24) is 4.90 Å². The first-order valence-corrected chi connectivity index (χ1v) is 7.53. The lowest BCUT2D eigenvalue weighted by Crippen LogP contribution is -2.45. The van der Waals surface area contributed by atoms with Crippen molar-refractivity contribution in [2.24, 2.45) is 0 Å². The highest BCUT2D eigenvalue weighted by Gasteiger charge is 2.35. The fourth-order valence-electron chi connectivity index (χ4n) is 3.18. The molecule has 1 aromatic carbocycles. The summed E-state index contributed by atoms with van der Waals surface area (Å²) in [4.78, 5) is 4.93. The summed E-state index contributed by atoms with van der Waals surface area (Å²) in [6, 6.07) is 7.07. The molecule has 0 bridgehead atoms. The van der Waals surface area contributed by atoms with Crippen LogP contribution in [0.5, 0.6) is 11.5 Å². The van der Waals surface area contributed by atoms with Crippen LogP contribution in [0.1, 0.15) is 25.7 Å². The smallest absolute Gasteiger partial charge is 0.160 e. The molecule has 1 aromatic rings. The predicted octanol–water partition coefficient (Wildman–Crippen LogP) is 2.46. The van der Waals surface area contributed by atoms with Crippen LogP contribution in [-0.2, 0) is 0 Å². The van der Waals surface area contributed by atoms with Gasteiger partial charge in [0.1, 0.15) is 0 Å². The molecule has 110 valence electrons. The number of benzene rings is 1. The average molecular weight is 276 g/mol. The number of phenols is 1. The number of aromatic hydroxyl groups is 1. The second-order valence-corrected chi connectivity index (χ2v) is 6.03. The first-order valence-electron chi connectivity index (χ1n) is 7.53. The molecule has 0 amide bonds. The number of nitrogens with zero attached hydrogens (tertiary/aromatic N) is 2. The van der Waals surface area contributed by atoms with Crippen LogP contribution in [-0.4, -0.2) is 49.3 Å². The monoisotopic (exact) mass is 276 g/mol. The number of hydrogen-bond donors (Lipinski definition) is 1. The van der Waals surface area contributed by atoms with Crippen molar-refractivity contribution in [3.05, 3.63) is 18.2 Å². The van der Waals surface area contributed by atoms with Gasteiger partial charge in [0, 0.05) is 23.8 Å². The zero-order valence-electron chi connectivity index (χ0n) is 12.4. The molecule has 1 N–H and O–H groups in total. The lowest BCUT2D eigenvalue weighted by molar-refractivity contribution is 0.249. The molecule has 4 heteroatoms. The molecule has 0 aromatic heterocycles. The van der Waals surface area contributed by atoms with Gasteiger partial charge in [-0.15, -0.1) is 0 Å². The van der Waals surface area contributed by atoms with Crippen molar-refractivity contribution in [2.45, 2.75) is 37.8 Å². The third-order valence-corrected chi connectivity index (χ3v) is 4.48. The second-order valence-electron chi connectivity index (χ2n) is 6.03. The Labute approximate surface area is 120 Å². The molecule has 20 heavy (non-hydrogen) atoms. The summed E-state index contributed by atoms with van der Waals surface area (Å²) in [5, 5.41) is 10.0. The second kappa shape index (κ2) is 5.52. The van der Waals surface area contributed by atoms with E-state index in [9.17, 15) is 5.11 Å². The van der Waals surface area contributed by atoms with Gasteiger partial charge >= 0.3 is 0 Å². The third kappa shape index (κ3) is 2.70. The van der Waals surface area contributed by atoms with Crippen molar-refractivity contribution in [3.63, 3.8) is 0 Å². The summed E-state index contributed by atoms with van der Waals surface area (Å²) in [5.74, 6) is 0.788. The molecular formula is C16H24N2O2. The summed E-state index contributed by atoms with van der Waals surface area (Å²) < 4.78 is 5.14. The lowest BCUT2D eigenvalue weighted by Gasteiger charge is -2.39. The van der Waals surface area contributed by atoms with Gasteiger partial charge in [-0.3, -0.25) is 0 Å². The average Bonchev–Trinajstić information content (AvgIpc) is 3.26. The molecule has 3 rings (SSSR count). The Morgan fingerprint density at radius 3 is 2.35 bits per heavy atom. The zero-order chi connectivity index (χ0) is 14.1. The Kier molecular flexibility index (Phi) is 3.74. The van der Waals surface area contributed by atoms with Crippen LogP contribution in [0.3, 0.4) is 0 Å². The highest BCUT2D eigenvalue weighted by molar-refractivity contribution is 5.57. The largest absolute Gasteiger partial charge is 0.504 e. The molecule has 0 unspecified atom stereocenters. The zero-order valence-corrected chi connectivity index (χ0v) is 12.4. The lowest BCUT2D eigenvalue weighted by atomic mass is 10.0.